The predicted octanol–water partition coefficient (Wildman–Crippen LogP) is 1.04. The van der Waals surface area contributed by atoms with Crippen LogP contribution >= 0.6 is 0 Å². The molecule has 20 heavy (non-hydrogen) atoms. The number of benzene rings is 1. The summed E-state index contributed by atoms with van der Waals surface area (Å²) in [4.78, 5) is 13.4. The molecule has 3 rings (SSSR count). The van der Waals surface area contributed by atoms with Crippen LogP contribution in [0.1, 0.15) is 24.3 Å². The van der Waals surface area contributed by atoms with Gasteiger partial charge in [0.1, 0.15) is 11.3 Å². The molecule has 0 saturated carbocycles. The molecule has 0 radical (unpaired) electrons. The van der Waals surface area contributed by atoms with Crippen LogP contribution in [0.15, 0.2) is 24.3 Å². The highest BCUT2D eigenvalue weighted by atomic mass is 16.5. The van der Waals surface area contributed by atoms with Gasteiger partial charge in [0.05, 0.1) is 6.61 Å². The molecule has 0 spiro atoms. The van der Waals surface area contributed by atoms with Crippen LogP contribution in [0.25, 0.3) is 0 Å². The van der Waals surface area contributed by atoms with Crippen LogP contribution in [0.3, 0.4) is 0 Å². The van der Waals surface area contributed by atoms with Gasteiger partial charge >= 0.3 is 5.97 Å². The molecule has 1 saturated heterocycles. The molecule has 2 aliphatic rings. The Balaban J connectivity index is 1.70. The number of hydrogen-bond donors (Lipinski definition) is 2. The van der Waals surface area contributed by atoms with Gasteiger partial charge < -0.3 is 20.5 Å². The quantitative estimate of drug-likeness (QED) is 0.862. The molecule has 3 N–H and O–H groups in total. The maximum absolute atomic E-state index is 11.2. The number of para-hydroxylation sites is 1. The maximum Gasteiger partial charge on any atom is 0.325 e. The fourth-order valence-corrected chi connectivity index (χ4v) is 3.16. The summed E-state index contributed by atoms with van der Waals surface area (Å²) in [6, 6.07) is 8.10. The van der Waals surface area contributed by atoms with Gasteiger partial charge in [-0.3, -0.25) is 4.79 Å². The minimum Gasteiger partial charge on any atom is -0.493 e. The molecule has 2 unspecified atom stereocenters. The zero-order valence-electron chi connectivity index (χ0n) is 11.4. The number of nitrogens with zero attached hydrogens (tertiary/aromatic N) is 1. The Morgan fingerprint density at radius 2 is 2.30 bits per heavy atom. The Hall–Kier alpha value is -1.59. The molecular formula is C15H20N2O3. The Labute approximate surface area is 118 Å². The van der Waals surface area contributed by atoms with E-state index < -0.39 is 11.5 Å². The Morgan fingerprint density at radius 1 is 1.50 bits per heavy atom. The molecule has 2 heterocycles. The smallest absolute Gasteiger partial charge is 0.325 e. The van der Waals surface area contributed by atoms with Crippen molar-refractivity contribution in [2.45, 2.75) is 24.3 Å². The summed E-state index contributed by atoms with van der Waals surface area (Å²) < 4.78 is 5.66. The summed E-state index contributed by atoms with van der Waals surface area (Å²) in [6.07, 6.45) is 1.49. The number of fused-ring (bicyclic) bond motifs is 1. The topological polar surface area (TPSA) is 75.8 Å². The molecule has 1 aromatic carbocycles. The fraction of sp³-hybridized carbons (Fsp3) is 0.533. The van der Waals surface area contributed by atoms with E-state index >= 15 is 0 Å². The standard InChI is InChI=1S/C15H20N2O3/c16-15(14(18)19)6-7-17(10-15)9-11-5-8-20-13-4-2-1-3-12(11)13/h1-4,11H,5-10,16H2,(H,18,19). The third-order valence-corrected chi connectivity index (χ3v) is 4.37. The van der Waals surface area contributed by atoms with E-state index in [1.165, 1.54) is 5.56 Å². The van der Waals surface area contributed by atoms with Crippen LogP contribution in [0.2, 0.25) is 0 Å². The van der Waals surface area contributed by atoms with E-state index in [4.69, 9.17) is 10.5 Å². The Bertz CT molecular complexity index is 520. The highest BCUT2D eigenvalue weighted by Crippen LogP contribution is 2.34. The van der Waals surface area contributed by atoms with Gasteiger partial charge in [0.15, 0.2) is 0 Å². The highest BCUT2D eigenvalue weighted by molar-refractivity contribution is 5.79. The average molecular weight is 276 g/mol. The largest absolute Gasteiger partial charge is 0.493 e. The summed E-state index contributed by atoms with van der Waals surface area (Å²) in [5.74, 6) is 0.462. The first-order chi connectivity index (χ1) is 9.58. The number of carboxylic acids is 1. The van der Waals surface area contributed by atoms with E-state index in [1.54, 1.807) is 0 Å². The van der Waals surface area contributed by atoms with Crippen molar-refractivity contribution in [3.05, 3.63) is 29.8 Å². The van der Waals surface area contributed by atoms with Crippen LogP contribution in [-0.4, -0.2) is 47.8 Å². The molecule has 0 amide bonds. The van der Waals surface area contributed by atoms with Crippen LogP contribution < -0.4 is 10.5 Å². The fourth-order valence-electron chi connectivity index (χ4n) is 3.16. The monoisotopic (exact) mass is 276 g/mol. The minimum atomic E-state index is -1.08. The normalized spacial score (nSPS) is 29.8. The molecule has 0 aromatic heterocycles. The van der Waals surface area contributed by atoms with Crippen LogP contribution in [-0.2, 0) is 4.79 Å². The van der Waals surface area contributed by atoms with Crippen molar-refractivity contribution in [3.8, 4) is 5.75 Å². The molecule has 1 fully saturated rings. The molecule has 0 bridgehead atoms. The minimum absolute atomic E-state index is 0.399. The number of ether oxygens (including phenoxy) is 1. The average Bonchev–Trinajstić information content (AvgIpc) is 2.82. The predicted molar refractivity (Wildman–Crippen MR) is 74.9 cm³/mol. The van der Waals surface area contributed by atoms with E-state index in [1.807, 2.05) is 18.2 Å². The summed E-state index contributed by atoms with van der Waals surface area (Å²) in [6.45, 7) is 2.76. The maximum atomic E-state index is 11.2. The van der Waals surface area contributed by atoms with Gasteiger partial charge in [0.25, 0.3) is 0 Å². The highest BCUT2D eigenvalue weighted by Gasteiger charge is 2.41. The lowest BCUT2D eigenvalue weighted by Crippen LogP contribution is -2.50. The van der Waals surface area contributed by atoms with Crippen molar-refractivity contribution >= 4 is 5.97 Å². The van der Waals surface area contributed by atoms with Crippen LogP contribution in [0.4, 0.5) is 0 Å². The lowest BCUT2D eigenvalue weighted by atomic mass is 9.92. The van der Waals surface area contributed by atoms with Gasteiger partial charge in [-0.15, -0.1) is 0 Å². The van der Waals surface area contributed by atoms with E-state index in [9.17, 15) is 9.90 Å². The van der Waals surface area contributed by atoms with Gasteiger partial charge in [0.2, 0.25) is 0 Å². The Morgan fingerprint density at radius 3 is 3.05 bits per heavy atom. The number of hydrogen-bond acceptors (Lipinski definition) is 4. The van der Waals surface area contributed by atoms with Gasteiger partial charge in [-0.2, -0.15) is 0 Å². The van der Waals surface area contributed by atoms with Crippen molar-refractivity contribution in [1.29, 1.82) is 0 Å². The van der Waals surface area contributed by atoms with E-state index in [0.717, 1.165) is 31.9 Å². The molecule has 5 heteroatoms. The molecule has 108 valence electrons. The third-order valence-electron chi connectivity index (χ3n) is 4.37. The summed E-state index contributed by atoms with van der Waals surface area (Å²) in [5.41, 5.74) is 6.07. The summed E-state index contributed by atoms with van der Waals surface area (Å²) >= 11 is 0. The van der Waals surface area contributed by atoms with Crippen molar-refractivity contribution < 1.29 is 14.6 Å². The number of nitrogens with two attached hydrogens (primary N) is 1. The number of rotatable bonds is 3. The first-order valence-electron chi connectivity index (χ1n) is 7.05. The van der Waals surface area contributed by atoms with Crippen LogP contribution in [0.5, 0.6) is 5.75 Å². The molecule has 2 atom stereocenters. The molecular weight excluding hydrogens is 256 g/mol. The third kappa shape index (κ3) is 2.39. The van der Waals surface area contributed by atoms with Gasteiger partial charge in [-0.25, -0.2) is 0 Å². The van der Waals surface area contributed by atoms with Gasteiger partial charge in [-0.05, 0) is 24.5 Å². The van der Waals surface area contributed by atoms with E-state index in [2.05, 4.69) is 11.0 Å². The van der Waals surface area contributed by atoms with Crippen molar-refractivity contribution in [2.75, 3.05) is 26.2 Å². The van der Waals surface area contributed by atoms with E-state index in [-0.39, 0.29) is 0 Å². The molecule has 0 aliphatic carbocycles. The lowest BCUT2D eigenvalue weighted by Gasteiger charge is -2.29. The molecule has 1 aromatic rings. The lowest BCUT2D eigenvalue weighted by molar-refractivity contribution is -0.142. The number of aliphatic carboxylic acids is 1. The molecule has 2 aliphatic heterocycles. The van der Waals surface area contributed by atoms with Crippen LogP contribution in [0, 0.1) is 0 Å². The molecule has 5 nitrogen and oxygen atoms in total. The van der Waals surface area contributed by atoms with Crippen molar-refractivity contribution in [3.63, 3.8) is 0 Å². The van der Waals surface area contributed by atoms with Gasteiger partial charge in [0, 0.05) is 25.6 Å². The second kappa shape index (κ2) is 5.07. The summed E-state index contributed by atoms with van der Waals surface area (Å²) in [7, 11) is 0. The Kier molecular flexibility index (Phi) is 3.40. The number of carboxylic acid groups (broad SMARTS) is 1. The zero-order chi connectivity index (χ0) is 14.2. The number of carbonyl (C=O) groups is 1. The van der Waals surface area contributed by atoms with Crippen molar-refractivity contribution in [1.82, 2.24) is 4.90 Å². The van der Waals surface area contributed by atoms with Gasteiger partial charge in [-0.1, -0.05) is 18.2 Å². The first kappa shape index (κ1) is 13.4. The second-order valence-electron chi connectivity index (χ2n) is 5.82. The number of likely N-dealkylation sites (tertiary alicyclic amines) is 1. The first-order valence-corrected chi connectivity index (χ1v) is 7.05. The van der Waals surface area contributed by atoms with E-state index in [0.29, 0.717) is 18.9 Å². The van der Waals surface area contributed by atoms with Crippen molar-refractivity contribution in [2.24, 2.45) is 5.73 Å². The SMILES string of the molecule is NC1(C(=O)O)CCN(CC2CCOc3ccccc32)C1. The zero-order valence-corrected chi connectivity index (χ0v) is 11.4. The second-order valence-corrected chi connectivity index (χ2v) is 5.82. The summed E-state index contributed by atoms with van der Waals surface area (Å²) in [5, 5.41) is 9.18.